The Balaban J connectivity index is 1.79. The van der Waals surface area contributed by atoms with E-state index in [4.69, 9.17) is 5.73 Å². The zero-order chi connectivity index (χ0) is 12.5. The maximum absolute atomic E-state index is 12.2. The van der Waals surface area contributed by atoms with Crippen molar-refractivity contribution in [2.24, 2.45) is 5.73 Å². The summed E-state index contributed by atoms with van der Waals surface area (Å²) >= 11 is 0. The summed E-state index contributed by atoms with van der Waals surface area (Å²) in [5, 5.41) is 3.25. The van der Waals surface area contributed by atoms with Crippen LogP contribution in [0.15, 0.2) is 17.2 Å². The molecule has 0 aliphatic heterocycles. The molecule has 2 saturated carbocycles. The molecular formula is C13H20N4O. The largest absolute Gasteiger partial charge is 0.361 e. The zero-order valence-corrected chi connectivity index (χ0v) is 10.5. The third-order valence-corrected chi connectivity index (χ3v) is 3.95. The molecule has 2 fully saturated rings. The summed E-state index contributed by atoms with van der Waals surface area (Å²) in [6.45, 7) is 0. The van der Waals surface area contributed by atoms with E-state index in [1.54, 1.807) is 17.0 Å². The van der Waals surface area contributed by atoms with Crippen LogP contribution in [-0.2, 0) is 0 Å². The number of hydrogen-bond donors (Lipinski definition) is 2. The van der Waals surface area contributed by atoms with Crippen molar-refractivity contribution in [3.05, 3.63) is 22.7 Å². The minimum Gasteiger partial charge on any atom is -0.361 e. The van der Waals surface area contributed by atoms with E-state index in [2.05, 4.69) is 10.3 Å². The minimum absolute atomic E-state index is 0.00206. The van der Waals surface area contributed by atoms with Crippen LogP contribution in [0.3, 0.4) is 0 Å². The van der Waals surface area contributed by atoms with Gasteiger partial charge in [-0.25, -0.2) is 4.98 Å². The molecule has 98 valence electrons. The van der Waals surface area contributed by atoms with Crippen LogP contribution < -0.4 is 16.6 Å². The molecule has 18 heavy (non-hydrogen) atoms. The molecule has 1 aromatic heterocycles. The average Bonchev–Trinajstić information content (AvgIpc) is 3.19. The van der Waals surface area contributed by atoms with E-state index >= 15 is 0 Å². The molecule has 2 aliphatic carbocycles. The maximum atomic E-state index is 12.2. The molecule has 5 nitrogen and oxygen atoms in total. The molecule has 2 unspecified atom stereocenters. The lowest BCUT2D eigenvalue weighted by Crippen LogP contribution is -2.44. The van der Waals surface area contributed by atoms with E-state index in [1.165, 1.54) is 12.8 Å². The first-order valence-electron chi connectivity index (χ1n) is 6.85. The summed E-state index contributed by atoms with van der Waals surface area (Å²) in [5.41, 5.74) is 6.09. The lowest BCUT2D eigenvalue weighted by atomic mass is 9.91. The smallest absolute Gasteiger partial charge is 0.293 e. The van der Waals surface area contributed by atoms with E-state index in [-0.39, 0.29) is 17.6 Å². The molecule has 0 saturated heterocycles. The van der Waals surface area contributed by atoms with Gasteiger partial charge in [-0.1, -0.05) is 12.8 Å². The van der Waals surface area contributed by atoms with Crippen LogP contribution in [0.25, 0.3) is 0 Å². The minimum atomic E-state index is -0.00206. The predicted octanol–water partition coefficient (Wildman–Crippen LogP) is 1.26. The summed E-state index contributed by atoms with van der Waals surface area (Å²) in [7, 11) is 0. The highest BCUT2D eigenvalue weighted by Crippen LogP contribution is 2.33. The van der Waals surface area contributed by atoms with Crippen LogP contribution in [-0.4, -0.2) is 21.6 Å². The number of rotatable bonds is 3. The van der Waals surface area contributed by atoms with Crippen molar-refractivity contribution in [2.75, 3.05) is 5.32 Å². The van der Waals surface area contributed by atoms with Crippen LogP contribution in [0, 0.1) is 0 Å². The van der Waals surface area contributed by atoms with Crippen molar-refractivity contribution in [3.63, 3.8) is 0 Å². The highest BCUT2D eigenvalue weighted by molar-refractivity contribution is 5.33. The fraction of sp³-hybridized carbons (Fsp3) is 0.692. The quantitative estimate of drug-likeness (QED) is 0.844. The number of anilines is 1. The molecule has 3 N–H and O–H groups in total. The van der Waals surface area contributed by atoms with Crippen LogP contribution in [0.2, 0.25) is 0 Å². The Morgan fingerprint density at radius 2 is 2.06 bits per heavy atom. The molecule has 2 aliphatic rings. The molecule has 0 bridgehead atoms. The van der Waals surface area contributed by atoms with E-state index in [9.17, 15) is 4.79 Å². The summed E-state index contributed by atoms with van der Waals surface area (Å²) < 4.78 is 1.80. The van der Waals surface area contributed by atoms with Gasteiger partial charge in [-0.05, 0) is 25.7 Å². The summed E-state index contributed by atoms with van der Waals surface area (Å²) in [5.74, 6) is 0.465. The van der Waals surface area contributed by atoms with E-state index in [1.807, 2.05) is 0 Å². The third kappa shape index (κ3) is 2.27. The molecule has 3 rings (SSSR count). The molecule has 1 heterocycles. The van der Waals surface area contributed by atoms with Gasteiger partial charge >= 0.3 is 0 Å². The second-order valence-corrected chi connectivity index (χ2v) is 5.42. The monoisotopic (exact) mass is 248 g/mol. The Kier molecular flexibility index (Phi) is 3.07. The first-order chi connectivity index (χ1) is 8.75. The normalized spacial score (nSPS) is 28.1. The lowest BCUT2D eigenvalue weighted by Gasteiger charge is -2.29. The van der Waals surface area contributed by atoms with Crippen molar-refractivity contribution in [1.82, 2.24) is 9.55 Å². The maximum Gasteiger partial charge on any atom is 0.293 e. The van der Waals surface area contributed by atoms with Crippen molar-refractivity contribution in [1.29, 1.82) is 0 Å². The fourth-order valence-electron chi connectivity index (χ4n) is 2.68. The first kappa shape index (κ1) is 11.7. The number of nitrogens with two attached hydrogens (primary N) is 1. The molecular weight excluding hydrogens is 228 g/mol. The summed E-state index contributed by atoms with van der Waals surface area (Å²) in [6, 6.07) is 0.713. The topological polar surface area (TPSA) is 72.9 Å². The van der Waals surface area contributed by atoms with Gasteiger partial charge in [0.1, 0.15) is 0 Å². The zero-order valence-electron chi connectivity index (χ0n) is 10.5. The number of aromatic nitrogens is 2. The predicted molar refractivity (Wildman–Crippen MR) is 70.6 cm³/mol. The van der Waals surface area contributed by atoms with Crippen molar-refractivity contribution in [2.45, 2.75) is 56.7 Å². The first-order valence-corrected chi connectivity index (χ1v) is 6.85. The molecule has 0 spiro atoms. The fourth-order valence-corrected chi connectivity index (χ4v) is 2.68. The highest BCUT2D eigenvalue weighted by Gasteiger charge is 2.27. The highest BCUT2D eigenvalue weighted by atomic mass is 16.1. The summed E-state index contributed by atoms with van der Waals surface area (Å²) in [6.07, 6.45) is 10.1. The standard InChI is InChI=1S/C13H20N4O/c14-10-3-1-2-4-11(10)16-12-13(18)17(8-7-15-12)9-5-6-9/h7-11H,1-6,14H2,(H,15,16). The second-order valence-electron chi connectivity index (χ2n) is 5.42. The number of nitrogens with zero attached hydrogens (tertiary/aromatic N) is 2. The molecule has 5 heteroatoms. The molecule has 2 atom stereocenters. The Morgan fingerprint density at radius 1 is 1.28 bits per heavy atom. The van der Waals surface area contributed by atoms with Crippen molar-refractivity contribution >= 4 is 5.82 Å². The van der Waals surface area contributed by atoms with Gasteiger partial charge in [0.25, 0.3) is 5.56 Å². The van der Waals surface area contributed by atoms with Crippen molar-refractivity contribution < 1.29 is 0 Å². The molecule has 0 radical (unpaired) electrons. The second kappa shape index (κ2) is 4.72. The molecule has 0 aromatic carbocycles. The Hall–Kier alpha value is -1.36. The van der Waals surface area contributed by atoms with Gasteiger partial charge in [0, 0.05) is 30.5 Å². The van der Waals surface area contributed by atoms with Gasteiger partial charge in [0.2, 0.25) is 0 Å². The van der Waals surface area contributed by atoms with Gasteiger partial charge in [-0.2, -0.15) is 0 Å². The van der Waals surface area contributed by atoms with Gasteiger partial charge in [-0.15, -0.1) is 0 Å². The number of hydrogen-bond acceptors (Lipinski definition) is 4. The van der Waals surface area contributed by atoms with E-state index in [0.717, 1.165) is 25.7 Å². The SMILES string of the molecule is NC1CCCCC1Nc1nccn(C2CC2)c1=O. The van der Waals surface area contributed by atoms with Gasteiger partial charge in [0.15, 0.2) is 5.82 Å². The van der Waals surface area contributed by atoms with E-state index < -0.39 is 0 Å². The van der Waals surface area contributed by atoms with Crippen LogP contribution in [0.5, 0.6) is 0 Å². The van der Waals surface area contributed by atoms with Gasteiger partial charge in [-0.3, -0.25) is 4.79 Å². The number of nitrogens with one attached hydrogen (secondary N) is 1. The molecule has 1 aromatic rings. The van der Waals surface area contributed by atoms with Gasteiger partial charge < -0.3 is 15.6 Å². The molecule has 0 amide bonds. The summed E-state index contributed by atoms with van der Waals surface area (Å²) in [4.78, 5) is 16.4. The Morgan fingerprint density at radius 3 is 2.78 bits per heavy atom. The average molecular weight is 248 g/mol. The van der Waals surface area contributed by atoms with Crippen molar-refractivity contribution in [3.8, 4) is 0 Å². The third-order valence-electron chi connectivity index (χ3n) is 3.95. The Bertz CT molecular complexity index is 480. The Labute approximate surface area is 106 Å². The van der Waals surface area contributed by atoms with Gasteiger partial charge in [0.05, 0.1) is 0 Å². The van der Waals surface area contributed by atoms with E-state index in [0.29, 0.717) is 11.9 Å². The van der Waals surface area contributed by atoms with Crippen LogP contribution in [0.4, 0.5) is 5.82 Å². The lowest BCUT2D eigenvalue weighted by molar-refractivity contribution is 0.402. The van der Waals surface area contributed by atoms with Crippen LogP contribution in [0.1, 0.15) is 44.6 Å². The van der Waals surface area contributed by atoms with Crippen LogP contribution >= 0.6 is 0 Å².